The molecular weight excluding hydrogens is 264 g/mol. The van der Waals surface area contributed by atoms with Crippen molar-refractivity contribution in [2.75, 3.05) is 0 Å². The van der Waals surface area contributed by atoms with Gasteiger partial charge in [0.1, 0.15) is 0 Å². The van der Waals surface area contributed by atoms with Gasteiger partial charge in [-0.15, -0.1) is 11.3 Å². The van der Waals surface area contributed by atoms with Crippen molar-refractivity contribution in [1.82, 2.24) is 0 Å². The molecule has 2 heterocycles. The van der Waals surface area contributed by atoms with Crippen LogP contribution in [0.15, 0.2) is 32.7 Å². The van der Waals surface area contributed by atoms with Crippen LogP contribution in [0.25, 0.3) is 0 Å². The Balaban J connectivity index is 2.38. The number of carbonyl (C=O) groups is 1. The van der Waals surface area contributed by atoms with Crippen molar-refractivity contribution in [2.24, 2.45) is 0 Å². The molecule has 0 saturated carbocycles. The van der Waals surface area contributed by atoms with Crippen molar-refractivity contribution >= 4 is 33.0 Å². The SMILES string of the molecule is Cc1cc(C(=O)c2occc2Br)cs1. The summed E-state index contributed by atoms with van der Waals surface area (Å²) in [6, 6.07) is 3.58. The molecule has 2 aromatic rings. The van der Waals surface area contributed by atoms with E-state index in [0.717, 1.165) is 4.88 Å². The summed E-state index contributed by atoms with van der Waals surface area (Å²) in [6.07, 6.45) is 1.50. The zero-order valence-corrected chi connectivity index (χ0v) is 9.81. The summed E-state index contributed by atoms with van der Waals surface area (Å²) in [6.45, 7) is 1.97. The average molecular weight is 271 g/mol. The van der Waals surface area contributed by atoms with Crippen molar-refractivity contribution < 1.29 is 9.21 Å². The molecule has 0 N–H and O–H groups in total. The Morgan fingerprint density at radius 3 is 2.86 bits per heavy atom. The second-order valence-electron chi connectivity index (χ2n) is 2.87. The first-order chi connectivity index (χ1) is 6.68. The molecular formula is C10H7BrO2S. The second kappa shape index (κ2) is 3.71. The molecule has 0 aliphatic carbocycles. The zero-order chi connectivity index (χ0) is 10.1. The standard InChI is InChI=1S/C10H7BrO2S/c1-6-4-7(5-14-6)9(12)10-8(11)2-3-13-10/h2-5H,1H3. The Labute approximate surface area is 93.7 Å². The van der Waals surface area contributed by atoms with E-state index >= 15 is 0 Å². The molecule has 0 bridgehead atoms. The van der Waals surface area contributed by atoms with Crippen molar-refractivity contribution in [3.63, 3.8) is 0 Å². The van der Waals surface area contributed by atoms with Crippen LogP contribution in [0.1, 0.15) is 21.0 Å². The third-order valence-electron chi connectivity index (χ3n) is 1.82. The minimum absolute atomic E-state index is 0.0776. The lowest BCUT2D eigenvalue weighted by molar-refractivity contribution is 0.101. The molecule has 72 valence electrons. The van der Waals surface area contributed by atoms with E-state index < -0.39 is 0 Å². The predicted molar refractivity (Wildman–Crippen MR) is 58.9 cm³/mol. The van der Waals surface area contributed by atoms with E-state index in [-0.39, 0.29) is 5.78 Å². The van der Waals surface area contributed by atoms with Gasteiger partial charge in [-0.05, 0) is 35.0 Å². The van der Waals surface area contributed by atoms with Gasteiger partial charge in [-0.3, -0.25) is 4.79 Å². The lowest BCUT2D eigenvalue weighted by Gasteiger charge is -1.93. The minimum atomic E-state index is -0.0776. The first-order valence-corrected chi connectivity index (χ1v) is 5.68. The molecule has 0 fully saturated rings. The maximum absolute atomic E-state index is 11.8. The molecule has 0 radical (unpaired) electrons. The number of thiophene rings is 1. The van der Waals surface area contributed by atoms with Crippen LogP contribution < -0.4 is 0 Å². The molecule has 2 aromatic heterocycles. The molecule has 2 nitrogen and oxygen atoms in total. The van der Waals surface area contributed by atoms with Crippen LogP contribution in [-0.4, -0.2) is 5.78 Å². The number of aryl methyl sites for hydroxylation is 1. The van der Waals surface area contributed by atoms with Crippen molar-refractivity contribution in [3.8, 4) is 0 Å². The molecule has 0 saturated heterocycles. The number of rotatable bonds is 2. The normalized spacial score (nSPS) is 10.4. The van der Waals surface area contributed by atoms with E-state index in [1.54, 1.807) is 17.4 Å². The number of ketones is 1. The molecule has 0 atom stereocenters. The fourth-order valence-electron chi connectivity index (χ4n) is 1.15. The molecule has 0 amide bonds. The number of furan rings is 1. The molecule has 4 heteroatoms. The summed E-state index contributed by atoms with van der Waals surface area (Å²) in [5, 5.41) is 1.84. The Morgan fingerprint density at radius 1 is 1.57 bits per heavy atom. The van der Waals surface area contributed by atoms with E-state index in [1.165, 1.54) is 6.26 Å². The molecule has 2 rings (SSSR count). The van der Waals surface area contributed by atoms with Gasteiger partial charge in [0.15, 0.2) is 5.76 Å². The summed E-state index contributed by atoms with van der Waals surface area (Å²) < 4.78 is 5.80. The fraction of sp³-hybridized carbons (Fsp3) is 0.100. The highest BCUT2D eigenvalue weighted by Crippen LogP contribution is 2.23. The van der Waals surface area contributed by atoms with E-state index in [9.17, 15) is 4.79 Å². The van der Waals surface area contributed by atoms with Gasteiger partial charge in [0.05, 0.1) is 10.7 Å². The quantitative estimate of drug-likeness (QED) is 0.780. The summed E-state index contributed by atoms with van der Waals surface area (Å²) in [5.74, 6) is 0.286. The van der Waals surface area contributed by atoms with Crippen LogP contribution in [0.2, 0.25) is 0 Å². The summed E-state index contributed by atoms with van der Waals surface area (Å²) in [5.41, 5.74) is 0.683. The molecule has 0 spiro atoms. The highest BCUT2D eigenvalue weighted by atomic mass is 79.9. The van der Waals surface area contributed by atoms with E-state index in [1.807, 2.05) is 18.4 Å². The van der Waals surface area contributed by atoms with Gasteiger partial charge in [-0.2, -0.15) is 0 Å². The Kier molecular flexibility index (Phi) is 2.56. The van der Waals surface area contributed by atoms with E-state index in [4.69, 9.17) is 4.42 Å². The van der Waals surface area contributed by atoms with Gasteiger partial charge >= 0.3 is 0 Å². The highest BCUT2D eigenvalue weighted by molar-refractivity contribution is 9.10. The van der Waals surface area contributed by atoms with Gasteiger partial charge in [0.2, 0.25) is 5.78 Å². The molecule has 0 unspecified atom stereocenters. The molecule has 0 aliphatic heterocycles. The van der Waals surface area contributed by atoms with Crippen molar-refractivity contribution in [1.29, 1.82) is 0 Å². The Bertz CT molecular complexity index is 470. The smallest absolute Gasteiger partial charge is 0.230 e. The minimum Gasteiger partial charge on any atom is -0.460 e. The summed E-state index contributed by atoms with van der Waals surface area (Å²) >= 11 is 4.82. The number of carbonyl (C=O) groups excluding carboxylic acids is 1. The first kappa shape index (κ1) is 9.68. The lowest BCUT2D eigenvalue weighted by Crippen LogP contribution is -1.97. The monoisotopic (exact) mass is 270 g/mol. The zero-order valence-electron chi connectivity index (χ0n) is 7.41. The van der Waals surface area contributed by atoms with Gasteiger partial charge in [0, 0.05) is 15.8 Å². The van der Waals surface area contributed by atoms with Crippen LogP contribution in [0.4, 0.5) is 0 Å². The third kappa shape index (κ3) is 1.67. The number of halogens is 1. The third-order valence-corrected chi connectivity index (χ3v) is 3.30. The maximum atomic E-state index is 11.8. The summed E-state index contributed by atoms with van der Waals surface area (Å²) in [4.78, 5) is 12.9. The van der Waals surface area contributed by atoms with Gasteiger partial charge in [-0.25, -0.2) is 0 Å². The largest absolute Gasteiger partial charge is 0.460 e. The van der Waals surface area contributed by atoms with Gasteiger partial charge in [-0.1, -0.05) is 0 Å². The Hall–Kier alpha value is -0.870. The fourth-order valence-corrected chi connectivity index (χ4v) is 2.21. The van der Waals surface area contributed by atoms with E-state index in [2.05, 4.69) is 15.9 Å². The van der Waals surface area contributed by atoms with Crippen LogP contribution in [0, 0.1) is 6.92 Å². The van der Waals surface area contributed by atoms with Crippen molar-refractivity contribution in [3.05, 3.63) is 44.4 Å². The molecule has 0 aromatic carbocycles. The Morgan fingerprint density at radius 2 is 2.36 bits per heavy atom. The average Bonchev–Trinajstić information content (AvgIpc) is 2.73. The second-order valence-corrected chi connectivity index (χ2v) is 4.84. The highest BCUT2D eigenvalue weighted by Gasteiger charge is 2.16. The topological polar surface area (TPSA) is 30.2 Å². The first-order valence-electron chi connectivity index (χ1n) is 4.01. The lowest BCUT2D eigenvalue weighted by atomic mass is 10.2. The molecule has 14 heavy (non-hydrogen) atoms. The van der Waals surface area contributed by atoms with Gasteiger partial charge < -0.3 is 4.42 Å². The maximum Gasteiger partial charge on any atom is 0.230 e. The van der Waals surface area contributed by atoms with E-state index in [0.29, 0.717) is 15.8 Å². The van der Waals surface area contributed by atoms with Crippen LogP contribution in [-0.2, 0) is 0 Å². The summed E-state index contributed by atoms with van der Waals surface area (Å²) in [7, 11) is 0. The van der Waals surface area contributed by atoms with Gasteiger partial charge in [0.25, 0.3) is 0 Å². The number of hydrogen-bond donors (Lipinski definition) is 0. The van der Waals surface area contributed by atoms with Crippen LogP contribution in [0.5, 0.6) is 0 Å². The predicted octanol–water partition coefficient (Wildman–Crippen LogP) is 3.64. The van der Waals surface area contributed by atoms with Crippen LogP contribution >= 0.6 is 27.3 Å². The number of hydrogen-bond acceptors (Lipinski definition) is 3. The molecule has 0 aliphatic rings. The van der Waals surface area contributed by atoms with Crippen LogP contribution in [0.3, 0.4) is 0 Å². The van der Waals surface area contributed by atoms with Crippen molar-refractivity contribution in [2.45, 2.75) is 6.92 Å².